The third kappa shape index (κ3) is 7.24. The van der Waals surface area contributed by atoms with Gasteiger partial charge in [-0.1, -0.05) is 42.5 Å². The molecule has 0 radical (unpaired) electrons. The lowest BCUT2D eigenvalue weighted by Gasteiger charge is -2.13. The van der Waals surface area contributed by atoms with Crippen molar-refractivity contribution in [3.63, 3.8) is 0 Å². The van der Waals surface area contributed by atoms with E-state index in [2.05, 4.69) is 30.5 Å². The number of nitrogens with zero attached hydrogens (tertiary/aromatic N) is 7. The number of carbonyl (C=O) groups is 1. The third-order valence-electron chi connectivity index (χ3n) is 8.34. The van der Waals surface area contributed by atoms with E-state index in [9.17, 15) is 31.1 Å². The largest absolute Gasteiger partial charge is 0.481 e. The molecule has 0 unspecified atom stereocenters. The molecule has 7 aromatic rings. The van der Waals surface area contributed by atoms with E-state index in [1.807, 2.05) is 0 Å². The first-order chi connectivity index (χ1) is 25.5. The van der Waals surface area contributed by atoms with Gasteiger partial charge in [-0.2, -0.15) is 45.6 Å². The molecule has 0 atom stereocenters. The molecular formula is C37H31F6N9O2. The summed E-state index contributed by atoms with van der Waals surface area (Å²) < 4.78 is 87.8. The number of alkyl halides is 6. The number of carbonyl (C=O) groups excluding carboxylic acids is 1. The van der Waals surface area contributed by atoms with Crippen LogP contribution >= 0.6 is 0 Å². The Bertz CT molecular complexity index is 2540. The van der Waals surface area contributed by atoms with E-state index in [0.717, 1.165) is 12.1 Å². The van der Waals surface area contributed by atoms with Crippen molar-refractivity contribution in [1.82, 2.24) is 34.2 Å². The second kappa shape index (κ2) is 14.1. The van der Waals surface area contributed by atoms with Crippen molar-refractivity contribution in [3.05, 3.63) is 118 Å². The minimum absolute atomic E-state index is 0.0192. The topological polar surface area (TPSA) is 138 Å². The van der Waals surface area contributed by atoms with E-state index in [-0.39, 0.29) is 39.9 Å². The number of pyridine rings is 1. The van der Waals surface area contributed by atoms with Gasteiger partial charge in [-0.25, -0.2) is 15.0 Å². The highest BCUT2D eigenvalue weighted by molar-refractivity contribution is 6.03. The molecule has 0 fully saturated rings. The van der Waals surface area contributed by atoms with E-state index in [1.54, 1.807) is 58.0 Å². The lowest BCUT2D eigenvalue weighted by molar-refractivity contribution is -0.137. The molecule has 2 aromatic carbocycles. The van der Waals surface area contributed by atoms with Gasteiger partial charge in [0.25, 0.3) is 5.91 Å². The minimum Gasteiger partial charge on any atom is -0.481 e. The van der Waals surface area contributed by atoms with E-state index in [4.69, 9.17) is 10.5 Å². The smallest absolute Gasteiger partial charge is 0.417 e. The molecule has 0 saturated heterocycles. The number of nitrogens with one attached hydrogen (secondary N) is 1. The van der Waals surface area contributed by atoms with Crippen molar-refractivity contribution in [3.8, 4) is 28.4 Å². The fourth-order valence-electron chi connectivity index (χ4n) is 5.71. The molecule has 0 aliphatic carbocycles. The molecule has 5 aromatic heterocycles. The SMILES string of the molecule is COc1cccc(C(=O)Nc2c(C)nc3c(C)cc(-c4ccccc4C(F)(F)F)nn23)n1.Cc1nc2c(C)cc(-c3ccccc3C(F)(F)F)nn2c1N. The monoisotopic (exact) mass is 747 g/mol. The number of fused-ring (bicyclic) bond motifs is 2. The molecule has 1 amide bonds. The maximum Gasteiger partial charge on any atom is 0.417 e. The van der Waals surface area contributed by atoms with Crippen molar-refractivity contribution < 1.29 is 35.9 Å². The normalized spacial score (nSPS) is 11.8. The summed E-state index contributed by atoms with van der Waals surface area (Å²) in [5.41, 5.74) is 8.08. The Hall–Kier alpha value is -6.52. The molecule has 0 bridgehead atoms. The maximum absolute atomic E-state index is 13.5. The molecule has 5 heterocycles. The highest BCUT2D eigenvalue weighted by atomic mass is 19.4. The summed E-state index contributed by atoms with van der Waals surface area (Å²) in [6, 6.07) is 18.4. The predicted molar refractivity (Wildman–Crippen MR) is 189 cm³/mol. The number of benzene rings is 2. The number of hydrogen-bond acceptors (Lipinski definition) is 8. The van der Waals surface area contributed by atoms with Crippen molar-refractivity contribution >= 4 is 28.8 Å². The standard InChI is InChI=1S/C22H18F3N5O2.C15H13F3N4/c1-12-11-17(14-7-4-5-8-15(14)22(23,24)25)29-30-19(12)26-13(2)20(30)28-21(31)16-9-6-10-18(27-16)32-3;1-8-7-12(21-22-13(19)9(2)20-14(8)22)10-5-3-4-6-11(10)15(16,17)18/h4-11H,1-3H3,(H,28,31);3-7H,19H2,1-2H3. The molecule has 0 aliphatic heterocycles. The number of amides is 1. The van der Waals surface area contributed by atoms with Crippen LogP contribution in [0.4, 0.5) is 38.0 Å². The number of anilines is 2. The number of rotatable bonds is 5. The van der Waals surface area contributed by atoms with Crippen LogP contribution in [0.25, 0.3) is 33.8 Å². The van der Waals surface area contributed by atoms with Crippen LogP contribution in [0.15, 0.2) is 78.9 Å². The minimum atomic E-state index is -4.54. The summed E-state index contributed by atoms with van der Waals surface area (Å²) in [6.45, 7) is 6.89. The molecule has 17 heteroatoms. The van der Waals surface area contributed by atoms with Crippen LogP contribution in [-0.4, -0.2) is 47.2 Å². The summed E-state index contributed by atoms with van der Waals surface area (Å²) in [4.78, 5) is 25.5. The first-order valence-electron chi connectivity index (χ1n) is 16.1. The summed E-state index contributed by atoms with van der Waals surface area (Å²) >= 11 is 0. The quantitative estimate of drug-likeness (QED) is 0.168. The molecule has 278 valence electrons. The molecular weight excluding hydrogens is 716 g/mol. The van der Waals surface area contributed by atoms with Crippen molar-refractivity contribution in [2.24, 2.45) is 0 Å². The molecule has 7 rings (SSSR count). The summed E-state index contributed by atoms with van der Waals surface area (Å²) in [7, 11) is 1.44. The van der Waals surface area contributed by atoms with Crippen molar-refractivity contribution in [2.75, 3.05) is 18.2 Å². The number of ether oxygens (including phenoxy) is 1. The Morgan fingerprint density at radius 2 is 1.19 bits per heavy atom. The van der Waals surface area contributed by atoms with Gasteiger partial charge in [0.2, 0.25) is 5.88 Å². The first-order valence-corrected chi connectivity index (χ1v) is 16.1. The molecule has 11 nitrogen and oxygen atoms in total. The Morgan fingerprint density at radius 3 is 1.72 bits per heavy atom. The van der Waals surface area contributed by atoms with Gasteiger partial charge in [0.1, 0.15) is 11.5 Å². The van der Waals surface area contributed by atoms with Crippen LogP contribution in [0.2, 0.25) is 0 Å². The van der Waals surface area contributed by atoms with E-state index in [0.29, 0.717) is 39.6 Å². The van der Waals surface area contributed by atoms with Crippen LogP contribution < -0.4 is 15.8 Å². The number of nitrogen functional groups attached to an aromatic ring is 1. The number of methoxy groups -OCH3 is 1. The summed E-state index contributed by atoms with van der Waals surface area (Å²) in [5, 5.41) is 11.3. The molecule has 3 N–H and O–H groups in total. The number of hydrogen-bond donors (Lipinski definition) is 2. The molecule has 54 heavy (non-hydrogen) atoms. The lowest BCUT2D eigenvalue weighted by atomic mass is 10.0. The Morgan fingerprint density at radius 1 is 0.685 bits per heavy atom. The fourth-order valence-corrected chi connectivity index (χ4v) is 5.71. The zero-order chi connectivity index (χ0) is 39.1. The molecule has 0 spiro atoms. The van der Waals surface area contributed by atoms with Crippen LogP contribution in [0, 0.1) is 27.7 Å². The maximum atomic E-state index is 13.5. The van der Waals surface area contributed by atoms with Crippen LogP contribution in [0.5, 0.6) is 5.88 Å². The Balaban J connectivity index is 0.000000197. The van der Waals surface area contributed by atoms with Crippen molar-refractivity contribution in [2.45, 2.75) is 40.0 Å². The van der Waals surface area contributed by atoms with Crippen molar-refractivity contribution in [1.29, 1.82) is 0 Å². The number of halogens is 6. The lowest BCUT2D eigenvalue weighted by Crippen LogP contribution is -2.16. The average Bonchev–Trinajstić information content (AvgIpc) is 3.61. The van der Waals surface area contributed by atoms with Gasteiger partial charge in [-0.3, -0.25) is 4.79 Å². The first kappa shape index (κ1) is 37.2. The second-order valence-corrected chi connectivity index (χ2v) is 12.1. The highest BCUT2D eigenvalue weighted by Crippen LogP contribution is 2.38. The van der Waals surface area contributed by atoms with Gasteiger partial charge >= 0.3 is 12.4 Å². The van der Waals surface area contributed by atoms with Gasteiger partial charge in [0, 0.05) is 17.2 Å². The average molecular weight is 748 g/mol. The number of nitrogens with two attached hydrogens (primary N) is 1. The van der Waals surface area contributed by atoms with Crippen LogP contribution in [0.1, 0.15) is 44.1 Å². The van der Waals surface area contributed by atoms with Crippen LogP contribution in [-0.2, 0) is 12.4 Å². The second-order valence-electron chi connectivity index (χ2n) is 12.1. The molecule has 0 aliphatic rings. The van der Waals surface area contributed by atoms with Gasteiger partial charge in [-0.05, 0) is 69.2 Å². The van der Waals surface area contributed by atoms with Gasteiger partial charge in [-0.15, -0.1) is 0 Å². The number of aromatic nitrogens is 7. The van der Waals surface area contributed by atoms with E-state index < -0.39 is 29.4 Å². The molecule has 0 saturated carbocycles. The van der Waals surface area contributed by atoms with Gasteiger partial charge in [0.05, 0.1) is 41.0 Å². The Kier molecular flexibility index (Phi) is 9.75. The fraction of sp³-hybridized carbons (Fsp3) is 0.189. The van der Waals surface area contributed by atoms with Gasteiger partial charge in [0.15, 0.2) is 17.1 Å². The van der Waals surface area contributed by atoms with Crippen LogP contribution in [0.3, 0.4) is 0 Å². The van der Waals surface area contributed by atoms with E-state index >= 15 is 0 Å². The highest BCUT2D eigenvalue weighted by Gasteiger charge is 2.35. The zero-order valence-electron chi connectivity index (χ0n) is 29.3. The third-order valence-corrected chi connectivity index (χ3v) is 8.34. The summed E-state index contributed by atoms with van der Waals surface area (Å²) in [5.74, 6) is 0.301. The number of imidazole rings is 2. The summed E-state index contributed by atoms with van der Waals surface area (Å²) in [6.07, 6.45) is -8.99. The number of aryl methyl sites for hydroxylation is 4. The van der Waals surface area contributed by atoms with E-state index in [1.165, 1.54) is 52.5 Å². The zero-order valence-corrected chi connectivity index (χ0v) is 29.3. The van der Waals surface area contributed by atoms with Gasteiger partial charge < -0.3 is 15.8 Å². The predicted octanol–water partition coefficient (Wildman–Crippen LogP) is 8.30. The Labute approximate surface area is 303 Å².